The van der Waals surface area contributed by atoms with E-state index in [0.717, 1.165) is 28.6 Å². The zero-order valence-corrected chi connectivity index (χ0v) is 12.7. The number of rotatable bonds is 4. The first kappa shape index (κ1) is 14.2. The van der Waals surface area contributed by atoms with Gasteiger partial charge in [-0.2, -0.15) is 0 Å². The number of furan rings is 1. The molecule has 0 aromatic carbocycles. The Morgan fingerprint density at radius 3 is 2.63 bits per heavy atom. The molecule has 0 fully saturated rings. The van der Waals surface area contributed by atoms with E-state index in [1.165, 1.54) is 0 Å². The molecule has 4 nitrogen and oxygen atoms in total. The van der Waals surface area contributed by atoms with Gasteiger partial charge in [-0.15, -0.1) is 11.3 Å². The molecule has 0 bridgehead atoms. The van der Waals surface area contributed by atoms with Crippen molar-refractivity contribution in [3.05, 3.63) is 39.7 Å². The summed E-state index contributed by atoms with van der Waals surface area (Å²) in [4.78, 5) is 4.68. The zero-order valence-electron chi connectivity index (χ0n) is 11.9. The van der Waals surface area contributed by atoms with Crippen LogP contribution in [0.2, 0.25) is 0 Å². The topological polar surface area (TPSA) is 64.1 Å². The van der Waals surface area contributed by atoms with Crippen LogP contribution < -0.4 is 11.3 Å². The summed E-state index contributed by atoms with van der Waals surface area (Å²) in [7, 11) is 0. The third-order valence-electron chi connectivity index (χ3n) is 3.00. The van der Waals surface area contributed by atoms with E-state index in [1.54, 1.807) is 11.3 Å². The van der Waals surface area contributed by atoms with Crippen LogP contribution in [0.3, 0.4) is 0 Å². The van der Waals surface area contributed by atoms with E-state index >= 15 is 0 Å². The predicted molar refractivity (Wildman–Crippen MR) is 78.0 cm³/mol. The van der Waals surface area contributed by atoms with Crippen LogP contribution in [0.4, 0.5) is 0 Å². The Kier molecular flexibility index (Phi) is 4.08. The van der Waals surface area contributed by atoms with Crippen LogP contribution in [0.15, 0.2) is 21.9 Å². The van der Waals surface area contributed by atoms with Gasteiger partial charge in [0, 0.05) is 17.2 Å². The van der Waals surface area contributed by atoms with Crippen LogP contribution in [-0.2, 0) is 11.8 Å². The summed E-state index contributed by atoms with van der Waals surface area (Å²) in [6.07, 6.45) is 0.740. The van der Waals surface area contributed by atoms with Crippen LogP contribution in [0.25, 0.3) is 0 Å². The van der Waals surface area contributed by atoms with Gasteiger partial charge in [-0.1, -0.05) is 20.8 Å². The van der Waals surface area contributed by atoms with E-state index < -0.39 is 0 Å². The smallest absolute Gasteiger partial charge is 0.122 e. The van der Waals surface area contributed by atoms with Gasteiger partial charge in [0.2, 0.25) is 0 Å². The van der Waals surface area contributed by atoms with Crippen molar-refractivity contribution in [2.45, 2.75) is 45.6 Å². The largest absolute Gasteiger partial charge is 0.465 e. The van der Waals surface area contributed by atoms with Crippen LogP contribution >= 0.6 is 11.3 Å². The Labute approximate surface area is 118 Å². The number of nitrogens with one attached hydrogen (secondary N) is 1. The number of nitrogens with two attached hydrogens (primary N) is 1. The minimum atomic E-state index is -0.0346. The highest BCUT2D eigenvalue weighted by molar-refractivity contribution is 7.09. The van der Waals surface area contributed by atoms with Gasteiger partial charge in [0.05, 0.1) is 16.7 Å². The molecule has 2 rings (SSSR count). The van der Waals surface area contributed by atoms with Crippen molar-refractivity contribution in [1.82, 2.24) is 10.4 Å². The maximum absolute atomic E-state index is 5.62. The number of hydrazine groups is 1. The second-order valence-electron chi connectivity index (χ2n) is 5.75. The van der Waals surface area contributed by atoms with Gasteiger partial charge in [-0.3, -0.25) is 5.84 Å². The number of aryl methyl sites for hydroxylation is 1. The highest BCUT2D eigenvalue weighted by Gasteiger charge is 2.20. The number of thiazole rings is 1. The van der Waals surface area contributed by atoms with Crippen LogP contribution in [0.5, 0.6) is 0 Å². The summed E-state index contributed by atoms with van der Waals surface area (Å²) in [6.45, 7) is 8.43. The lowest BCUT2D eigenvalue weighted by Crippen LogP contribution is -2.29. The molecule has 0 aliphatic carbocycles. The van der Waals surface area contributed by atoms with Crippen LogP contribution in [-0.4, -0.2) is 4.98 Å². The van der Waals surface area contributed by atoms with Crippen LogP contribution in [0, 0.1) is 6.92 Å². The van der Waals surface area contributed by atoms with Crippen LogP contribution in [0.1, 0.15) is 49.0 Å². The van der Waals surface area contributed by atoms with Gasteiger partial charge in [0.25, 0.3) is 0 Å². The first-order chi connectivity index (χ1) is 8.90. The van der Waals surface area contributed by atoms with Crippen molar-refractivity contribution in [2.24, 2.45) is 5.84 Å². The monoisotopic (exact) mass is 279 g/mol. The van der Waals surface area contributed by atoms with Gasteiger partial charge < -0.3 is 4.42 Å². The highest BCUT2D eigenvalue weighted by Crippen LogP contribution is 2.27. The van der Waals surface area contributed by atoms with E-state index in [-0.39, 0.29) is 11.5 Å². The lowest BCUT2D eigenvalue weighted by Gasteiger charge is -2.15. The lowest BCUT2D eigenvalue weighted by molar-refractivity contribution is 0.402. The maximum atomic E-state index is 5.62. The molecule has 1 atom stereocenters. The molecular weight excluding hydrogens is 258 g/mol. The quantitative estimate of drug-likeness (QED) is 0.667. The Balaban J connectivity index is 2.13. The van der Waals surface area contributed by atoms with Crippen molar-refractivity contribution in [1.29, 1.82) is 0 Å². The maximum Gasteiger partial charge on any atom is 0.122 e. The average Bonchev–Trinajstić information content (AvgIpc) is 2.94. The molecule has 0 aliphatic rings. The molecule has 19 heavy (non-hydrogen) atoms. The highest BCUT2D eigenvalue weighted by atomic mass is 32.1. The number of hydrogen-bond acceptors (Lipinski definition) is 5. The molecule has 5 heteroatoms. The molecule has 3 N–H and O–H groups in total. The predicted octanol–water partition coefficient (Wildman–Crippen LogP) is 3.09. The summed E-state index contributed by atoms with van der Waals surface area (Å²) < 4.78 is 5.62. The average molecular weight is 279 g/mol. The summed E-state index contributed by atoms with van der Waals surface area (Å²) in [5, 5.41) is 3.19. The number of nitrogens with zero attached hydrogens (tertiary/aromatic N) is 1. The summed E-state index contributed by atoms with van der Waals surface area (Å²) in [5.74, 6) is 7.37. The van der Waals surface area contributed by atoms with E-state index in [2.05, 4.69) is 36.6 Å². The molecule has 1 unspecified atom stereocenters. The van der Waals surface area contributed by atoms with Gasteiger partial charge >= 0.3 is 0 Å². The fraction of sp³-hybridized carbons (Fsp3) is 0.500. The fourth-order valence-corrected chi connectivity index (χ4v) is 2.87. The van der Waals surface area contributed by atoms with Gasteiger partial charge in [-0.05, 0) is 19.1 Å². The SMILES string of the molecule is Cc1ccc(C(Cc2nc(C(C)(C)C)cs2)NN)o1. The normalized spacial score (nSPS) is 13.7. The summed E-state index contributed by atoms with van der Waals surface area (Å²) in [5.41, 5.74) is 4.01. The third-order valence-corrected chi connectivity index (χ3v) is 3.88. The van der Waals surface area contributed by atoms with E-state index in [0.29, 0.717) is 0 Å². The Hall–Kier alpha value is -1.17. The molecule has 2 aromatic rings. The van der Waals surface area contributed by atoms with E-state index in [4.69, 9.17) is 10.3 Å². The molecular formula is C14H21N3OS. The van der Waals surface area contributed by atoms with Crippen molar-refractivity contribution in [3.63, 3.8) is 0 Å². The standard InChI is InChI=1S/C14H21N3OS/c1-9-5-6-11(18-9)10(17-15)7-13-16-12(8-19-13)14(2,3)4/h5-6,8,10,17H,7,15H2,1-4H3. The zero-order chi connectivity index (χ0) is 14.0. The molecule has 104 valence electrons. The molecule has 0 saturated heterocycles. The first-order valence-electron chi connectivity index (χ1n) is 6.37. The third kappa shape index (κ3) is 3.43. The van der Waals surface area contributed by atoms with Crippen molar-refractivity contribution in [3.8, 4) is 0 Å². The molecule has 0 aliphatic heterocycles. The van der Waals surface area contributed by atoms with E-state index in [1.807, 2.05) is 19.1 Å². The summed E-state index contributed by atoms with van der Waals surface area (Å²) in [6, 6.07) is 3.87. The second-order valence-corrected chi connectivity index (χ2v) is 6.69. The number of hydrogen-bond donors (Lipinski definition) is 2. The molecule has 2 heterocycles. The minimum Gasteiger partial charge on any atom is -0.465 e. The molecule has 0 spiro atoms. The first-order valence-corrected chi connectivity index (χ1v) is 7.25. The van der Waals surface area contributed by atoms with Gasteiger partial charge in [0.1, 0.15) is 11.5 Å². The Bertz CT molecular complexity index is 539. The van der Waals surface area contributed by atoms with Crippen molar-refractivity contribution < 1.29 is 4.42 Å². The molecule has 0 radical (unpaired) electrons. The van der Waals surface area contributed by atoms with Crippen molar-refractivity contribution >= 4 is 11.3 Å². The second kappa shape index (κ2) is 5.45. The number of aromatic nitrogens is 1. The van der Waals surface area contributed by atoms with Gasteiger partial charge in [-0.25, -0.2) is 10.4 Å². The Morgan fingerprint density at radius 2 is 2.16 bits per heavy atom. The summed E-state index contributed by atoms with van der Waals surface area (Å²) >= 11 is 1.67. The molecule has 0 saturated carbocycles. The Morgan fingerprint density at radius 1 is 1.42 bits per heavy atom. The van der Waals surface area contributed by atoms with Gasteiger partial charge in [0.15, 0.2) is 0 Å². The van der Waals surface area contributed by atoms with Crippen molar-refractivity contribution in [2.75, 3.05) is 0 Å². The van der Waals surface area contributed by atoms with E-state index in [9.17, 15) is 0 Å². The molecule has 2 aromatic heterocycles. The molecule has 0 amide bonds. The minimum absolute atomic E-state index is 0.0346. The lowest BCUT2D eigenvalue weighted by atomic mass is 9.93. The fourth-order valence-electron chi connectivity index (χ4n) is 1.81.